The van der Waals surface area contributed by atoms with E-state index in [0.717, 1.165) is 12.1 Å². The molecule has 0 unspecified atom stereocenters. The third kappa shape index (κ3) is 6.61. The molecule has 0 aliphatic carbocycles. The van der Waals surface area contributed by atoms with Crippen LogP contribution < -0.4 is 20.9 Å². The maximum absolute atomic E-state index is 15.1. The van der Waals surface area contributed by atoms with Gasteiger partial charge in [-0.1, -0.05) is 0 Å². The Balaban J connectivity index is 1.67. The van der Waals surface area contributed by atoms with E-state index >= 15 is 4.39 Å². The minimum absolute atomic E-state index is 0.0956. The van der Waals surface area contributed by atoms with Crippen LogP contribution in [0.15, 0.2) is 29.2 Å². The van der Waals surface area contributed by atoms with Gasteiger partial charge in [0, 0.05) is 49.2 Å². The summed E-state index contributed by atoms with van der Waals surface area (Å²) >= 11 is 0. The van der Waals surface area contributed by atoms with Gasteiger partial charge >= 0.3 is 6.18 Å². The van der Waals surface area contributed by atoms with Crippen molar-refractivity contribution >= 4 is 32.7 Å². The fraction of sp³-hybridized carbons (Fsp3) is 0.435. The molecule has 0 amide bonds. The maximum Gasteiger partial charge on any atom is 0.390 e. The van der Waals surface area contributed by atoms with E-state index < -0.39 is 63.0 Å². The summed E-state index contributed by atoms with van der Waals surface area (Å²) in [4.78, 5) is 21.8. The van der Waals surface area contributed by atoms with Crippen LogP contribution in [0, 0.1) is 11.6 Å². The highest BCUT2D eigenvalue weighted by Gasteiger charge is 2.31. The van der Waals surface area contributed by atoms with Crippen LogP contribution in [0.25, 0.3) is 22.2 Å². The molecule has 16 heteroatoms. The topological polar surface area (TPSA) is 118 Å². The zero-order chi connectivity index (χ0) is 28.5. The summed E-state index contributed by atoms with van der Waals surface area (Å²) in [5.41, 5.74) is -2.20. The molecule has 2 atom stereocenters. The van der Waals surface area contributed by atoms with Crippen LogP contribution in [-0.4, -0.2) is 60.2 Å². The molecule has 1 saturated heterocycles. The highest BCUT2D eigenvalue weighted by Crippen LogP contribution is 2.30. The minimum atomic E-state index is -4.76. The predicted octanol–water partition coefficient (Wildman–Crippen LogP) is 3.56. The minimum Gasteiger partial charge on any atom is -0.350 e. The van der Waals surface area contributed by atoms with Crippen molar-refractivity contribution in [2.75, 3.05) is 28.9 Å². The molecule has 39 heavy (non-hydrogen) atoms. The second kappa shape index (κ2) is 11.0. The number of anilines is 2. The predicted molar refractivity (Wildman–Crippen MR) is 133 cm³/mol. The summed E-state index contributed by atoms with van der Waals surface area (Å²) in [6, 6.07) is 2.73. The molecule has 0 bridgehead atoms. The lowest BCUT2D eigenvalue weighted by Crippen LogP contribution is -2.44. The van der Waals surface area contributed by atoms with Gasteiger partial charge in [0.1, 0.15) is 11.8 Å². The van der Waals surface area contributed by atoms with Crippen molar-refractivity contribution in [1.82, 2.24) is 19.9 Å². The number of hydrogen-bond acceptors (Lipinski definition) is 7. The Labute approximate surface area is 218 Å². The molecule has 4 rings (SSSR count). The molecule has 0 radical (unpaired) electrons. The first-order valence-corrected chi connectivity index (χ1v) is 13.5. The van der Waals surface area contributed by atoms with Gasteiger partial charge in [0.15, 0.2) is 11.6 Å². The van der Waals surface area contributed by atoms with Gasteiger partial charge in [0.25, 0.3) is 5.56 Å². The van der Waals surface area contributed by atoms with Crippen LogP contribution in [0.4, 0.5) is 38.0 Å². The first kappa shape index (κ1) is 28.6. The first-order valence-electron chi connectivity index (χ1n) is 11.9. The Morgan fingerprint density at radius 1 is 1.15 bits per heavy atom. The molecule has 3 aromatic rings. The van der Waals surface area contributed by atoms with Crippen molar-refractivity contribution in [1.29, 1.82) is 0 Å². The molecular formula is C23H24F6N6O3S. The number of pyridine rings is 1. The standard InChI is InChI=1S/C23H24F6N6O3S/c1-2-35-20-12(9-31-22(33-20)32-14-8-13(24)10-30-11-14)7-16(21(35)36)15-3-4-17(19(26)18(15)25)34-39(37,38)6-5-23(27,28)29/h3-4,7,9,13-14,30,34H,2,5-6,8,10-11H2,1H3,(H,31,32,33)/t13-,14-/m0/s1. The van der Waals surface area contributed by atoms with Gasteiger partial charge < -0.3 is 10.6 Å². The summed E-state index contributed by atoms with van der Waals surface area (Å²) in [6.45, 7) is 2.46. The van der Waals surface area contributed by atoms with E-state index in [1.165, 1.54) is 16.8 Å². The quantitative estimate of drug-likeness (QED) is 0.350. The fourth-order valence-corrected chi connectivity index (χ4v) is 5.30. The lowest BCUT2D eigenvalue weighted by molar-refractivity contribution is -0.129. The molecule has 9 nitrogen and oxygen atoms in total. The van der Waals surface area contributed by atoms with Crippen molar-refractivity contribution < 1.29 is 34.8 Å². The Hall–Kier alpha value is -3.40. The van der Waals surface area contributed by atoms with Gasteiger partial charge in [-0.2, -0.15) is 18.2 Å². The number of alkyl halides is 4. The van der Waals surface area contributed by atoms with Crippen LogP contribution >= 0.6 is 0 Å². The number of halogens is 6. The number of hydrogen-bond donors (Lipinski definition) is 3. The number of sulfonamides is 1. The molecule has 2 aromatic heterocycles. The highest BCUT2D eigenvalue weighted by molar-refractivity contribution is 7.92. The lowest BCUT2D eigenvalue weighted by Gasteiger charge is -2.26. The van der Waals surface area contributed by atoms with Gasteiger partial charge in [0.05, 0.1) is 23.4 Å². The average molecular weight is 579 g/mol. The van der Waals surface area contributed by atoms with E-state index in [4.69, 9.17) is 0 Å². The van der Waals surface area contributed by atoms with Gasteiger partial charge in [-0.25, -0.2) is 26.6 Å². The van der Waals surface area contributed by atoms with Crippen LogP contribution in [0.1, 0.15) is 19.8 Å². The maximum atomic E-state index is 15.1. The van der Waals surface area contributed by atoms with Crippen LogP contribution in [0.3, 0.4) is 0 Å². The zero-order valence-corrected chi connectivity index (χ0v) is 21.3. The van der Waals surface area contributed by atoms with E-state index in [9.17, 15) is 35.2 Å². The molecule has 212 valence electrons. The number of fused-ring (bicyclic) bond motifs is 1. The fourth-order valence-electron chi connectivity index (χ4n) is 4.20. The molecule has 0 saturated carbocycles. The molecule has 0 spiro atoms. The largest absolute Gasteiger partial charge is 0.390 e. The number of rotatable bonds is 8. The van der Waals surface area contributed by atoms with E-state index in [-0.39, 0.29) is 42.7 Å². The van der Waals surface area contributed by atoms with Gasteiger partial charge in [-0.05, 0) is 25.1 Å². The Bertz CT molecular complexity index is 1550. The number of aromatic nitrogens is 3. The Morgan fingerprint density at radius 3 is 2.56 bits per heavy atom. The molecule has 1 aliphatic heterocycles. The number of piperidine rings is 1. The van der Waals surface area contributed by atoms with Gasteiger partial charge in [-0.3, -0.25) is 14.1 Å². The summed E-state index contributed by atoms with van der Waals surface area (Å²) in [7, 11) is -4.64. The van der Waals surface area contributed by atoms with E-state index in [2.05, 4.69) is 20.6 Å². The highest BCUT2D eigenvalue weighted by atomic mass is 32.2. The number of benzene rings is 1. The second-order valence-corrected chi connectivity index (χ2v) is 10.8. The monoisotopic (exact) mass is 578 g/mol. The molecule has 1 aliphatic rings. The summed E-state index contributed by atoms with van der Waals surface area (Å²) in [5.74, 6) is -4.49. The lowest BCUT2D eigenvalue weighted by atomic mass is 10.0. The third-order valence-electron chi connectivity index (χ3n) is 6.07. The number of nitrogens with one attached hydrogen (secondary N) is 3. The molecule has 3 N–H and O–H groups in total. The van der Waals surface area contributed by atoms with Crippen molar-refractivity contribution in [2.45, 2.75) is 44.7 Å². The molecule has 1 aromatic carbocycles. The van der Waals surface area contributed by atoms with E-state index in [1.54, 1.807) is 11.6 Å². The van der Waals surface area contributed by atoms with Gasteiger partial charge in [0.2, 0.25) is 16.0 Å². The molecule has 3 heterocycles. The van der Waals surface area contributed by atoms with Crippen molar-refractivity contribution in [3.8, 4) is 11.1 Å². The Kier molecular flexibility index (Phi) is 8.07. The SMILES string of the molecule is CCn1c(=O)c(-c2ccc(NS(=O)(=O)CCC(F)(F)F)c(F)c2F)cc2cnc(N[C@@H]3CNC[C@@H](F)C3)nc21. The van der Waals surface area contributed by atoms with E-state index in [1.807, 2.05) is 0 Å². The first-order chi connectivity index (χ1) is 18.3. The van der Waals surface area contributed by atoms with Gasteiger partial charge in [-0.15, -0.1) is 0 Å². The zero-order valence-electron chi connectivity index (χ0n) is 20.4. The molecule has 1 fully saturated rings. The van der Waals surface area contributed by atoms with Crippen LogP contribution in [-0.2, 0) is 16.6 Å². The summed E-state index contributed by atoms with van der Waals surface area (Å²) in [6.07, 6.45) is -5.87. The normalized spacial score (nSPS) is 18.3. The number of aryl methyl sites for hydroxylation is 1. The van der Waals surface area contributed by atoms with E-state index in [0.29, 0.717) is 11.9 Å². The smallest absolute Gasteiger partial charge is 0.350 e. The van der Waals surface area contributed by atoms with Crippen LogP contribution in [0.2, 0.25) is 0 Å². The number of nitrogens with zero attached hydrogens (tertiary/aromatic N) is 3. The Morgan fingerprint density at radius 2 is 1.90 bits per heavy atom. The van der Waals surface area contributed by atoms with Crippen molar-refractivity contribution in [2.24, 2.45) is 0 Å². The summed E-state index contributed by atoms with van der Waals surface area (Å²) < 4.78 is 107. The molecular weight excluding hydrogens is 554 g/mol. The average Bonchev–Trinajstić information content (AvgIpc) is 2.85. The van der Waals surface area contributed by atoms with Crippen molar-refractivity contribution in [3.63, 3.8) is 0 Å². The second-order valence-electron chi connectivity index (χ2n) is 8.99. The van der Waals surface area contributed by atoms with Crippen LogP contribution in [0.5, 0.6) is 0 Å². The summed E-state index contributed by atoms with van der Waals surface area (Å²) in [5, 5.41) is 6.26. The van der Waals surface area contributed by atoms with Crippen molar-refractivity contribution in [3.05, 3.63) is 46.4 Å². The third-order valence-corrected chi connectivity index (χ3v) is 7.34.